The van der Waals surface area contributed by atoms with E-state index in [9.17, 15) is 0 Å². The molecule has 3 N–H and O–H groups in total. The molecule has 0 saturated heterocycles. The van der Waals surface area contributed by atoms with Gasteiger partial charge in [0.15, 0.2) is 0 Å². The minimum Gasteiger partial charge on any atom is -0.497 e. The fourth-order valence-corrected chi connectivity index (χ4v) is 2.16. The Hall–Kier alpha value is -2.00. The van der Waals surface area contributed by atoms with Gasteiger partial charge in [0.2, 0.25) is 0 Å². The lowest BCUT2D eigenvalue weighted by Crippen LogP contribution is -2.29. The Bertz CT molecular complexity index is 496. The highest BCUT2D eigenvalue weighted by Crippen LogP contribution is 2.16. The van der Waals surface area contributed by atoms with Gasteiger partial charge in [-0.05, 0) is 42.7 Å². The summed E-state index contributed by atoms with van der Waals surface area (Å²) in [7, 11) is 1.67. The topological polar surface area (TPSA) is 47.3 Å². The highest BCUT2D eigenvalue weighted by atomic mass is 16.5. The zero-order valence-electron chi connectivity index (χ0n) is 11.9. The molecule has 2 aromatic rings. The van der Waals surface area contributed by atoms with Crippen molar-refractivity contribution in [1.29, 1.82) is 0 Å². The molecule has 0 radical (unpaired) electrons. The van der Waals surface area contributed by atoms with Gasteiger partial charge < -0.3 is 15.8 Å². The summed E-state index contributed by atoms with van der Waals surface area (Å²) >= 11 is 0. The van der Waals surface area contributed by atoms with Crippen molar-refractivity contribution in [3.63, 3.8) is 0 Å². The molecule has 3 heteroatoms. The summed E-state index contributed by atoms with van der Waals surface area (Å²) in [6.45, 7) is 0.624. The normalized spacial score (nSPS) is 11.9. The Morgan fingerprint density at radius 1 is 1.05 bits per heavy atom. The Balaban J connectivity index is 1.88. The van der Waals surface area contributed by atoms with Crippen LogP contribution in [0.3, 0.4) is 0 Å². The van der Waals surface area contributed by atoms with Gasteiger partial charge in [-0.25, -0.2) is 0 Å². The van der Waals surface area contributed by atoms with Crippen LogP contribution >= 0.6 is 0 Å². The summed E-state index contributed by atoms with van der Waals surface area (Å²) in [5, 5.41) is 3.47. The first-order valence-corrected chi connectivity index (χ1v) is 6.96. The second-order valence-corrected chi connectivity index (χ2v) is 4.83. The summed E-state index contributed by atoms with van der Waals surface area (Å²) in [5.74, 6) is 0.865. The Morgan fingerprint density at radius 3 is 2.35 bits per heavy atom. The van der Waals surface area contributed by atoms with Crippen LogP contribution in [0.25, 0.3) is 0 Å². The van der Waals surface area contributed by atoms with Crippen LogP contribution in [0, 0.1) is 0 Å². The predicted octanol–water partition coefficient (Wildman–Crippen LogP) is 3.07. The summed E-state index contributed by atoms with van der Waals surface area (Å²) in [6.07, 6.45) is 2.05. The number of nitrogens with one attached hydrogen (secondary N) is 1. The summed E-state index contributed by atoms with van der Waals surface area (Å²) in [4.78, 5) is 0. The molecule has 3 nitrogen and oxygen atoms in total. The summed E-state index contributed by atoms with van der Waals surface area (Å²) in [5.41, 5.74) is 8.28. The van der Waals surface area contributed by atoms with Crippen molar-refractivity contribution in [2.24, 2.45) is 5.73 Å². The second kappa shape index (κ2) is 7.56. The molecule has 0 aliphatic rings. The molecular weight excluding hydrogens is 248 g/mol. The summed E-state index contributed by atoms with van der Waals surface area (Å²) < 4.78 is 5.15. The first-order chi connectivity index (χ1) is 9.81. The number of nitrogens with two attached hydrogens (primary N) is 1. The maximum Gasteiger partial charge on any atom is 0.119 e. The predicted molar refractivity (Wildman–Crippen MR) is 84.2 cm³/mol. The van der Waals surface area contributed by atoms with E-state index in [0.717, 1.165) is 24.3 Å². The van der Waals surface area contributed by atoms with Crippen LogP contribution in [0.2, 0.25) is 0 Å². The molecule has 0 spiro atoms. The maximum atomic E-state index is 5.85. The molecule has 106 valence electrons. The molecule has 0 heterocycles. The van der Waals surface area contributed by atoms with Crippen molar-refractivity contribution < 1.29 is 4.74 Å². The fourth-order valence-electron chi connectivity index (χ4n) is 2.16. The van der Waals surface area contributed by atoms with Gasteiger partial charge in [-0.2, -0.15) is 0 Å². The highest BCUT2D eigenvalue weighted by Gasteiger charge is 2.07. The molecule has 0 aliphatic heterocycles. The number of benzene rings is 2. The molecule has 0 bridgehead atoms. The van der Waals surface area contributed by atoms with E-state index in [4.69, 9.17) is 10.5 Å². The molecule has 0 fully saturated rings. The van der Waals surface area contributed by atoms with Crippen LogP contribution in [0.5, 0.6) is 5.75 Å². The molecule has 1 unspecified atom stereocenters. The first kappa shape index (κ1) is 14.4. The summed E-state index contributed by atoms with van der Waals surface area (Å²) in [6, 6.07) is 18.7. The smallest absolute Gasteiger partial charge is 0.119 e. The largest absolute Gasteiger partial charge is 0.497 e. The average molecular weight is 270 g/mol. The van der Waals surface area contributed by atoms with Gasteiger partial charge in [0.25, 0.3) is 0 Å². The van der Waals surface area contributed by atoms with Gasteiger partial charge in [0, 0.05) is 18.3 Å². The van der Waals surface area contributed by atoms with Crippen LogP contribution in [0.15, 0.2) is 54.6 Å². The average Bonchev–Trinajstić information content (AvgIpc) is 2.53. The zero-order chi connectivity index (χ0) is 14.2. The number of rotatable bonds is 7. The minimum absolute atomic E-state index is 0.281. The maximum absolute atomic E-state index is 5.85. The minimum atomic E-state index is 0.281. The van der Waals surface area contributed by atoms with Crippen molar-refractivity contribution in [3.8, 4) is 5.75 Å². The van der Waals surface area contributed by atoms with Gasteiger partial charge >= 0.3 is 0 Å². The molecule has 2 rings (SSSR count). The zero-order valence-corrected chi connectivity index (χ0v) is 11.9. The van der Waals surface area contributed by atoms with Gasteiger partial charge in [-0.1, -0.05) is 30.3 Å². The molecule has 1 atom stereocenters. The van der Waals surface area contributed by atoms with E-state index in [-0.39, 0.29) is 6.04 Å². The quantitative estimate of drug-likeness (QED) is 0.813. The van der Waals surface area contributed by atoms with Gasteiger partial charge in [-0.3, -0.25) is 0 Å². The van der Waals surface area contributed by atoms with Crippen molar-refractivity contribution in [2.75, 3.05) is 19.0 Å². The number of methoxy groups -OCH3 is 1. The van der Waals surface area contributed by atoms with Crippen LogP contribution < -0.4 is 15.8 Å². The third-order valence-corrected chi connectivity index (χ3v) is 3.37. The van der Waals surface area contributed by atoms with Crippen molar-refractivity contribution in [3.05, 3.63) is 60.2 Å². The van der Waals surface area contributed by atoms with E-state index in [2.05, 4.69) is 29.6 Å². The number of hydrogen-bond donors (Lipinski definition) is 2. The molecule has 0 saturated carbocycles. The standard InChI is InChI=1S/C17H22N2O/c1-20-17-11-9-15(10-12-17)19-16(13-18)8-7-14-5-3-2-4-6-14/h2-6,9-12,16,19H,7-8,13,18H2,1H3. The second-order valence-electron chi connectivity index (χ2n) is 4.83. The van der Waals surface area contributed by atoms with Crippen LogP contribution in [-0.2, 0) is 6.42 Å². The monoisotopic (exact) mass is 270 g/mol. The van der Waals surface area contributed by atoms with E-state index in [1.54, 1.807) is 7.11 Å². The number of ether oxygens (including phenoxy) is 1. The third kappa shape index (κ3) is 4.28. The SMILES string of the molecule is COc1ccc(NC(CN)CCc2ccccc2)cc1. The lowest BCUT2D eigenvalue weighted by Gasteiger charge is -2.18. The molecule has 0 aliphatic carbocycles. The van der Waals surface area contributed by atoms with Crippen molar-refractivity contribution in [1.82, 2.24) is 0 Å². The molecule has 2 aromatic carbocycles. The lowest BCUT2D eigenvalue weighted by molar-refractivity contribution is 0.415. The number of hydrogen-bond acceptors (Lipinski definition) is 3. The van der Waals surface area contributed by atoms with Crippen molar-refractivity contribution in [2.45, 2.75) is 18.9 Å². The van der Waals surface area contributed by atoms with E-state index < -0.39 is 0 Å². The van der Waals surface area contributed by atoms with Crippen molar-refractivity contribution >= 4 is 5.69 Å². The molecular formula is C17H22N2O. The van der Waals surface area contributed by atoms with E-state index in [0.29, 0.717) is 6.54 Å². The molecule has 0 aromatic heterocycles. The van der Waals surface area contributed by atoms with Gasteiger partial charge in [0.1, 0.15) is 5.75 Å². The third-order valence-electron chi connectivity index (χ3n) is 3.37. The number of aryl methyl sites for hydroxylation is 1. The van der Waals surface area contributed by atoms with Gasteiger partial charge in [0.05, 0.1) is 7.11 Å². The van der Waals surface area contributed by atoms with E-state index in [1.807, 2.05) is 30.3 Å². The molecule has 0 amide bonds. The Labute approximate surface area is 120 Å². The first-order valence-electron chi connectivity index (χ1n) is 6.96. The number of anilines is 1. The van der Waals surface area contributed by atoms with Gasteiger partial charge in [-0.15, -0.1) is 0 Å². The van der Waals surface area contributed by atoms with Crippen LogP contribution in [0.1, 0.15) is 12.0 Å². The van der Waals surface area contributed by atoms with Crippen LogP contribution in [-0.4, -0.2) is 19.7 Å². The lowest BCUT2D eigenvalue weighted by atomic mass is 10.1. The Kier molecular flexibility index (Phi) is 5.44. The fraction of sp³-hybridized carbons (Fsp3) is 0.294. The van der Waals surface area contributed by atoms with E-state index >= 15 is 0 Å². The Morgan fingerprint density at radius 2 is 1.75 bits per heavy atom. The van der Waals surface area contributed by atoms with Crippen LogP contribution in [0.4, 0.5) is 5.69 Å². The highest BCUT2D eigenvalue weighted by molar-refractivity contribution is 5.47. The van der Waals surface area contributed by atoms with E-state index in [1.165, 1.54) is 5.56 Å². The molecule has 20 heavy (non-hydrogen) atoms.